The van der Waals surface area contributed by atoms with Crippen molar-refractivity contribution in [3.8, 4) is 0 Å². The Morgan fingerprint density at radius 1 is 1.07 bits per heavy atom. The third-order valence-corrected chi connectivity index (χ3v) is 5.17. The van der Waals surface area contributed by atoms with Gasteiger partial charge in [0.1, 0.15) is 0 Å². The predicted octanol–water partition coefficient (Wildman–Crippen LogP) is 5.14. The van der Waals surface area contributed by atoms with Gasteiger partial charge in [0.05, 0.1) is 21.6 Å². The van der Waals surface area contributed by atoms with Crippen molar-refractivity contribution in [2.24, 2.45) is 0 Å². The summed E-state index contributed by atoms with van der Waals surface area (Å²) in [4.78, 5) is 10.9. The van der Waals surface area contributed by atoms with E-state index in [0.717, 1.165) is 17.7 Å². The first kappa shape index (κ1) is 22.6. The molecule has 0 aliphatic heterocycles. The number of hydrogen-bond acceptors (Lipinski definition) is 3. The molecule has 0 aliphatic carbocycles. The van der Waals surface area contributed by atoms with Crippen LogP contribution >= 0.6 is 34.8 Å². The summed E-state index contributed by atoms with van der Waals surface area (Å²) in [5, 5.41) is 15.1. The molecule has 2 aromatic carbocycles. The van der Waals surface area contributed by atoms with Gasteiger partial charge in [-0.25, -0.2) is 0 Å². The van der Waals surface area contributed by atoms with Gasteiger partial charge in [0.2, 0.25) is 11.5 Å². The Morgan fingerprint density at radius 3 is 2.07 bits per heavy atom. The van der Waals surface area contributed by atoms with E-state index >= 15 is 0 Å². The summed E-state index contributed by atoms with van der Waals surface area (Å²) in [6.45, 7) is 0.795. The predicted molar refractivity (Wildman–Crippen MR) is 104 cm³/mol. The van der Waals surface area contributed by atoms with Crippen LogP contribution in [0.4, 0.5) is 18.9 Å². The van der Waals surface area contributed by atoms with E-state index < -0.39 is 23.9 Å². The molecule has 4 nitrogen and oxygen atoms in total. The van der Waals surface area contributed by atoms with Crippen LogP contribution < -0.4 is 10.6 Å². The van der Waals surface area contributed by atoms with Crippen LogP contribution in [0.1, 0.15) is 18.1 Å². The van der Waals surface area contributed by atoms with E-state index in [1.807, 2.05) is 0 Å². The van der Waals surface area contributed by atoms with E-state index in [1.165, 1.54) is 19.1 Å². The molecule has 0 unspecified atom stereocenters. The van der Waals surface area contributed by atoms with Gasteiger partial charge in [-0.15, -0.1) is 0 Å². The zero-order valence-electron chi connectivity index (χ0n) is 14.5. The van der Waals surface area contributed by atoms with Crippen molar-refractivity contribution in [1.82, 2.24) is 5.32 Å². The van der Waals surface area contributed by atoms with Gasteiger partial charge in [-0.3, -0.25) is 4.79 Å². The number of carbonyl (C=O) groups is 1. The molecule has 0 aromatic heterocycles. The largest absolute Gasteiger partial charge is 0.423 e. The fraction of sp³-hybridized carbons (Fsp3) is 0.278. The number of hydrogen-bond donors (Lipinski definition) is 3. The van der Waals surface area contributed by atoms with Crippen molar-refractivity contribution in [1.29, 1.82) is 0 Å². The molecule has 0 radical (unpaired) electrons. The van der Waals surface area contributed by atoms with Gasteiger partial charge < -0.3 is 15.7 Å². The van der Waals surface area contributed by atoms with Crippen molar-refractivity contribution in [3.05, 3.63) is 62.6 Å². The molecule has 1 amide bonds. The van der Waals surface area contributed by atoms with E-state index in [9.17, 15) is 23.1 Å². The van der Waals surface area contributed by atoms with Gasteiger partial charge in [-0.1, -0.05) is 46.9 Å². The molecule has 0 heterocycles. The molecule has 2 rings (SSSR count). The van der Waals surface area contributed by atoms with Crippen LogP contribution in [0.25, 0.3) is 0 Å². The van der Waals surface area contributed by atoms with E-state index in [0.29, 0.717) is 12.2 Å². The van der Waals surface area contributed by atoms with Crippen molar-refractivity contribution < 1.29 is 23.1 Å². The molecule has 1 atom stereocenters. The number of halogens is 6. The highest BCUT2D eigenvalue weighted by atomic mass is 35.5. The maximum absolute atomic E-state index is 13.6. The molecule has 2 aromatic rings. The minimum atomic E-state index is -5.01. The van der Waals surface area contributed by atoms with Crippen molar-refractivity contribution in [2.45, 2.75) is 25.2 Å². The van der Waals surface area contributed by atoms with Crippen molar-refractivity contribution >= 4 is 46.4 Å². The Hall–Kier alpha value is -1.67. The number of alkyl halides is 3. The first-order chi connectivity index (χ1) is 12.9. The van der Waals surface area contributed by atoms with Crippen LogP contribution in [-0.2, 0) is 16.9 Å². The molecular weight excluding hydrogens is 440 g/mol. The van der Waals surface area contributed by atoms with E-state index in [2.05, 4.69) is 10.6 Å². The van der Waals surface area contributed by atoms with Crippen LogP contribution in [0.3, 0.4) is 0 Å². The normalized spacial score (nSPS) is 13.7. The molecule has 0 bridgehead atoms. The number of amides is 1. The molecule has 0 aliphatic rings. The lowest BCUT2D eigenvalue weighted by Crippen LogP contribution is -2.47. The number of aliphatic hydroxyl groups is 1. The second-order valence-electron chi connectivity index (χ2n) is 6.07. The zero-order chi connectivity index (χ0) is 21.1. The van der Waals surface area contributed by atoms with Gasteiger partial charge in [-0.2, -0.15) is 13.2 Å². The average Bonchev–Trinajstić information content (AvgIpc) is 2.61. The summed E-state index contributed by atoms with van der Waals surface area (Å²) >= 11 is 17.4. The first-order valence-corrected chi connectivity index (χ1v) is 9.09. The lowest BCUT2D eigenvalue weighted by atomic mass is 9.92. The highest BCUT2D eigenvalue weighted by molar-refractivity contribution is 6.48. The van der Waals surface area contributed by atoms with E-state index in [4.69, 9.17) is 34.8 Å². The number of rotatable bonds is 6. The lowest BCUT2D eigenvalue weighted by molar-refractivity contribution is -0.260. The molecular formula is C18H16Cl3F3N2O2. The molecule has 0 saturated heterocycles. The quantitative estimate of drug-likeness (QED) is 0.528. The SMILES string of the molecule is CC(=O)NCc1ccc(NC[C@@](O)(c2cc(Cl)c(Cl)c(Cl)c2)C(F)(F)F)cc1. The summed E-state index contributed by atoms with van der Waals surface area (Å²) in [7, 11) is 0. The Bertz CT molecular complexity index is 837. The highest BCUT2D eigenvalue weighted by Gasteiger charge is 2.55. The number of anilines is 1. The Kier molecular flexibility index (Phi) is 7.09. The number of nitrogens with one attached hydrogen (secondary N) is 2. The number of benzene rings is 2. The van der Waals surface area contributed by atoms with Gasteiger partial charge in [0.25, 0.3) is 0 Å². The van der Waals surface area contributed by atoms with Crippen molar-refractivity contribution in [3.63, 3.8) is 0 Å². The van der Waals surface area contributed by atoms with Gasteiger partial charge in [-0.05, 0) is 35.4 Å². The fourth-order valence-corrected chi connectivity index (χ4v) is 2.95. The summed E-state index contributed by atoms with van der Waals surface area (Å²) in [6, 6.07) is 8.22. The highest BCUT2D eigenvalue weighted by Crippen LogP contribution is 2.43. The summed E-state index contributed by atoms with van der Waals surface area (Å²) in [6.07, 6.45) is -5.01. The summed E-state index contributed by atoms with van der Waals surface area (Å²) in [5.74, 6) is -0.197. The average molecular weight is 456 g/mol. The molecule has 152 valence electrons. The standard InChI is InChI=1S/C18H16Cl3F3N2O2/c1-10(27)25-8-11-2-4-13(5-3-11)26-9-17(28,18(22,23)24)12-6-14(19)16(21)15(20)7-12/h2-7,26,28H,8-9H2,1H3,(H,25,27)/t17-/m1/s1. The third-order valence-electron chi connectivity index (χ3n) is 3.97. The van der Waals surface area contributed by atoms with Crippen LogP contribution in [0.5, 0.6) is 0 Å². The topological polar surface area (TPSA) is 61.4 Å². The summed E-state index contributed by atoms with van der Waals surface area (Å²) < 4.78 is 40.9. The minimum absolute atomic E-state index is 0.0978. The maximum Gasteiger partial charge on any atom is 0.423 e. The van der Waals surface area contributed by atoms with Gasteiger partial charge in [0.15, 0.2) is 0 Å². The second kappa shape index (κ2) is 8.78. The van der Waals surface area contributed by atoms with Crippen LogP contribution in [-0.4, -0.2) is 23.7 Å². The smallest absolute Gasteiger partial charge is 0.381 e. The Morgan fingerprint density at radius 2 is 1.61 bits per heavy atom. The van der Waals surface area contributed by atoms with Crippen LogP contribution in [0.2, 0.25) is 15.1 Å². The van der Waals surface area contributed by atoms with Crippen molar-refractivity contribution in [2.75, 3.05) is 11.9 Å². The maximum atomic E-state index is 13.6. The Labute approximate surface area is 174 Å². The molecule has 0 fully saturated rings. The molecule has 28 heavy (non-hydrogen) atoms. The first-order valence-electron chi connectivity index (χ1n) is 7.95. The van der Waals surface area contributed by atoms with Gasteiger partial charge in [0, 0.05) is 19.2 Å². The number of carbonyl (C=O) groups excluding carboxylic acids is 1. The molecule has 3 N–H and O–H groups in total. The van der Waals surface area contributed by atoms with E-state index in [1.54, 1.807) is 12.1 Å². The van der Waals surface area contributed by atoms with Crippen LogP contribution in [0.15, 0.2) is 36.4 Å². The molecule has 0 spiro atoms. The third kappa shape index (κ3) is 5.23. The zero-order valence-corrected chi connectivity index (χ0v) is 16.8. The minimum Gasteiger partial charge on any atom is -0.381 e. The Balaban J connectivity index is 2.23. The van der Waals surface area contributed by atoms with E-state index in [-0.39, 0.29) is 21.0 Å². The van der Waals surface area contributed by atoms with Crippen LogP contribution in [0, 0.1) is 0 Å². The van der Waals surface area contributed by atoms with Gasteiger partial charge >= 0.3 is 6.18 Å². The lowest BCUT2D eigenvalue weighted by Gasteiger charge is -2.32. The fourth-order valence-electron chi connectivity index (χ4n) is 2.36. The monoisotopic (exact) mass is 454 g/mol. The molecule has 10 heteroatoms. The summed E-state index contributed by atoms with van der Waals surface area (Å²) in [5.41, 5.74) is -2.67. The molecule has 0 saturated carbocycles. The second-order valence-corrected chi connectivity index (χ2v) is 7.26.